The van der Waals surface area contributed by atoms with Gasteiger partial charge in [0.2, 0.25) is 5.56 Å². The number of nitrogens with one attached hydrogen (secondary N) is 1. The molecule has 0 unspecified atom stereocenters. The molecule has 0 radical (unpaired) electrons. The van der Waals surface area contributed by atoms with Gasteiger partial charge < -0.3 is 9.88 Å². The molecule has 41 heavy (non-hydrogen) atoms. The van der Waals surface area contributed by atoms with Gasteiger partial charge in [-0.05, 0) is 75.2 Å². The van der Waals surface area contributed by atoms with Crippen LogP contribution < -0.4 is 16.4 Å². The Morgan fingerprint density at radius 1 is 0.976 bits per heavy atom. The summed E-state index contributed by atoms with van der Waals surface area (Å²) in [6, 6.07) is 18.1. The molecule has 1 atom stereocenters. The average molecular weight is 567 g/mol. The summed E-state index contributed by atoms with van der Waals surface area (Å²) in [6.45, 7) is 7.30. The van der Waals surface area contributed by atoms with Crippen LogP contribution in [0.25, 0.3) is 32.6 Å². The smallest absolute Gasteiger partial charge is 0.259 e. The van der Waals surface area contributed by atoms with Crippen molar-refractivity contribution in [2.45, 2.75) is 39.3 Å². The molecule has 0 saturated carbocycles. The second kappa shape index (κ2) is 11.1. The minimum Gasteiger partial charge on any atom is -0.362 e. The summed E-state index contributed by atoms with van der Waals surface area (Å²) in [5, 5.41) is 4.36. The summed E-state index contributed by atoms with van der Waals surface area (Å²) in [5.41, 5.74) is 4.08. The number of nitrogens with zero attached hydrogens (tertiary/aromatic N) is 5. The second-order valence-corrected chi connectivity index (χ2v) is 12.0. The Bertz CT molecular complexity index is 1860. The molecule has 5 heterocycles. The van der Waals surface area contributed by atoms with Gasteiger partial charge in [0.05, 0.1) is 11.4 Å². The Balaban J connectivity index is 1.34. The topological polar surface area (TPSA) is 85.0 Å². The minimum absolute atomic E-state index is 0.0183. The van der Waals surface area contributed by atoms with E-state index in [1.807, 2.05) is 13.0 Å². The number of anilines is 1. The van der Waals surface area contributed by atoms with Gasteiger partial charge in [-0.15, -0.1) is 11.3 Å². The molecule has 1 aliphatic rings. The van der Waals surface area contributed by atoms with Gasteiger partial charge in [0, 0.05) is 53.8 Å². The van der Waals surface area contributed by atoms with E-state index in [2.05, 4.69) is 58.5 Å². The molecule has 1 N–H and O–H groups in total. The van der Waals surface area contributed by atoms with Gasteiger partial charge in [-0.3, -0.25) is 19.1 Å². The van der Waals surface area contributed by atoms with Crippen molar-refractivity contribution in [3.8, 4) is 21.6 Å². The maximum Gasteiger partial charge on any atom is 0.259 e. The van der Waals surface area contributed by atoms with Crippen molar-refractivity contribution in [1.82, 2.24) is 24.0 Å². The van der Waals surface area contributed by atoms with Crippen LogP contribution in [0, 0.1) is 6.92 Å². The van der Waals surface area contributed by atoms with Gasteiger partial charge >= 0.3 is 0 Å². The van der Waals surface area contributed by atoms with Crippen LogP contribution in [0.2, 0.25) is 0 Å². The summed E-state index contributed by atoms with van der Waals surface area (Å²) in [6.07, 6.45) is 4.25. The van der Waals surface area contributed by atoms with E-state index in [1.165, 1.54) is 57.4 Å². The van der Waals surface area contributed by atoms with Gasteiger partial charge in [0.1, 0.15) is 17.3 Å². The number of aromatic nitrogens is 4. The number of rotatable bonds is 7. The first kappa shape index (κ1) is 27.1. The molecule has 0 spiro atoms. The van der Waals surface area contributed by atoms with Crippen LogP contribution in [0.15, 0.2) is 70.4 Å². The lowest BCUT2D eigenvalue weighted by molar-refractivity contribution is 0.332. The van der Waals surface area contributed by atoms with Crippen LogP contribution in [0.1, 0.15) is 42.1 Å². The van der Waals surface area contributed by atoms with E-state index in [0.29, 0.717) is 28.4 Å². The van der Waals surface area contributed by atoms with Crippen molar-refractivity contribution in [3.05, 3.63) is 97.8 Å². The third kappa shape index (κ3) is 5.35. The molecule has 1 saturated heterocycles. The van der Waals surface area contributed by atoms with Crippen molar-refractivity contribution in [3.63, 3.8) is 0 Å². The second-order valence-electron chi connectivity index (χ2n) is 10.9. The van der Waals surface area contributed by atoms with E-state index in [9.17, 15) is 9.59 Å². The molecule has 1 fully saturated rings. The van der Waals surface area contributed by atoms with Gasteiger partial charge in [-0.25, -0.2) is 9.97 Å². The number of likely N-dealkylation sites (tertiary alicyclic amines) is 1. The molecular formula is C32H34N6O2S. The lowest BCUT2D eigenvalue weighted by Gasteiger charge is -2.18. The fourth-order valence-corrected chi connectivity index (χ4v) is 6.67. The van der Waals surface area contributed by atoms with Crippen molar-refractivity contribution < 1.29 is 0 Å². The van der Waals surface area contributed by atoms with Crippen LogP contribution in [-0.2, 0) is 20.6 Å². The molecule has 0 aliphatic carbocycles. The van der Waals surface area contributed by atoms with Crippen molar-refractivity contribution >= 4 is 28.2 Å². The highest BCUT2D eigenvalue weighted by Gasteiger charge is 2.19. The molecule has 6 rings (SSSR count). The zero-order valence-corrected chi connectivity index (χ0v) is 24.7. The predicted octanol–water partition coefficient (Wildman–Crippen LogP) is 5.50. The number of hydrogen-bond acceptors (Lipinski definition) is 7. The normalized spacial score (nSPS) is 14.5. The number of fused-ring (bicyclic) bond motifs is 1. The Hall–Kier alpha value is -4.08. The number of benzene rings is 1. The minimum atomic E-state index is -0.177. The SMILES string of the molecule is Cc1nc(N[C@H](C)c2ccc(-c3ccccc3CN3CCCC3)s2)c2cc(-c3ccc(=O)n(C)c3)c(=O)n(C)c2n1. The monoisotopic (exact) mass is 566 g/mol. The van der Waals surface area contributed by atoms with Crippen LogP contribution in [0.4, 0.5) is 5.82 Å². The summed E-state index contributed by atoms with van der Waals surface area (Å²) in [7, 11) is 3.40. The zero-order valence-electron chi connectivity index (χ0n) is 23.8. The van der Waals surface area contributed by atoms with Crippen LogP contribution in [-0.4, -0.2) is 37.1 Å². The van der Waals surface area contributed by atoms with E-state index in [-0.39, 0.29) is 17.2 Å². The summed E-state index contributed by atoms with van der Waals surface area (Å²) < 4.78 is 3.03. The molecule has 8 nitrogen and oxygen atoms in total. The van der Waals surface area contributed by atoms with Gasteiger partial charge in [-0.2, -0.15) is 0 Å². The summed E-state index contributed by atoms with van der Waals surface area (Å²) in [4.78, 5) is 39.6. The Labute approximate surface area is 242 Å². The summed E-state index contributed by atoms with van der Waals surface area (Å²) >= 11 is 1.79. The highest BCUT2D eigenvalue weighted by atomic mass is 32.1. The Kier molecular flexibility index (Phi) is 7.32. The van der Waals surface area contributed by atoms with E-state index in [4.69, 9.17) is 4.98 Å². The first-order valence-electron chi connectivity index (χ1n) is 14.0. The molecule has 210 valence electrons. The Morgan fingerprint density at radius 3 is 2.54 bits per heavy atom. The highest BCUT2D eigenvalue weighted by molar-refractivity contribution is 7.15. The highest BCUT2D eigenvalue weighted by Crippen LogP contribution is 2.36. The lowest BCUT2D eigenvalue weighted by Crippen LogP contribution is -2.22. The van der Waals surface area contributed by atoms with Gasteiger partial charge in [-0.1, -0.05) is 24.3 Å². The standard InChI is InChI=1S/C32H34N6O2S/c1-20(27-12-13-28(41-27)24-10-6-5-9-22(24)19-38-15-7-8-16-38)33-30-26-17-25(23-11-14-29(39)36(3)18-23)32(40)37(4)31(26)35-21(2)34-30/h5-6,9-14,17-18,20H,7-8,15-16,19H2,1-4H3,(H,33,34,35)/t20-/m1/s1. The average Bonchev–Trinajstić information content (AvgIpc) is 3.66. The number of hydrogen-bond donors (Lipinski definition) is 1. The first-order chi connectivity index (χ1) is 19.8. The Morgan fingerprint density at radius 2 is 1.76 bits per heavy atom. The fourth-order valence-electron chi connectivity index (χ4n) is 5.59. The molecule has 1 aliphatic heterocycles. The number of pyridine rings is 2. The zero-order chi connectivity index (χ0) is 28.7. The quantitative estimate of drug-likeness (QED) is 0.280. The third-order valence-corrected chi connectivity index (χ3v) is 9.16. The largest absolute Gasteiger partial charge is 0.362 e. The van der Waals surface area contributed by atoms with Crippen LogP contribution >= 0.6 is 11.3 Å². The molecule has 5 aromatic rings. The third-order valence-electron chi connectivity index (χ3n) is 7.86. The van der Waals surface area contributed by atoms with E-state index in [0.717, 1.165) is 11.9 Å². The predicted molar refractivity (Wildman–Crippen MR) is 166 cm³/mol. The molecule has 9 heteroatoms. The maximum atomic E-state index is 13.3. The summed E-state index contributed by atoms with van der Waals surface area (Å²) in [5.74, 6) is 1.26. The van der Waals surface area contributed by atoms with Crippen molar-refractivity contribution in [1.29, 1.82) is 0 Å². The molecule has 1 aromatic carbocycles. The fraction of sp³-hybridized carbons (Fsp3) is 0.312. The van der Waals surface area contributed by atoms with Crippen molar-refractivity contribution in [2.24, 2.45) is 14.1 Å². The van der Waals surface area contributed by atoms with Crippen LogP contribution in [0.3, 0.4) is 0 Å². The number of thiophene rings is 1. The van der Waals surface area contributed by atoms with E-state index >= 15 is 0 Å². The maximum absolute atomic E-state index is 13.3. The van der Waals surface area contributed by atoms with E-state index in [1.54, 1.807) is 42.3 Å². The molecule has 4 aromatic heterocycles. The van der Waals surface area contributed by atoms with Gasteiger partial charge in [0.25, 0.3) is 5.56 Å². The number of aryl methyl sites for hydroxylation is 3. The van der Waals surface area contributed by atoms with E-state index < -0.39 is 0 Å². The molecule has 0 amide bonds. The van der Waals surface area contributed by atoms with Crippen molar-refractivity contribution in [2.75, 3.05) is 18.4 Å². The molecular weight excluding hydrogens is 532 g/mol. The molecule has 0 bridgehead atoms. The lowest BCUT2D eigenvalue weighted by atomic mass is 10.1. The van der Waals surface area contributed by atoms with Gasteiger partial charge in [0.15, 0.2) is 0 Å². The first-order valence-corrected chi connectivity index (χ1v) is 14.8. The van der Waals surface area contributed by atoms with Crippen LogP contribution in [0.5, 0.6) is 0 Å².